The van der Waals surface area contributed by atoms with Crippen molar-refractivity contribution in [1.29, 1.82) is 0 Å². The molecule has 1 N–H and O–H groups in total. The molecule has 0 unspecified atom stereocenters. The Hall–Kier alpha value is -2.82. The summed E-state index contributed by atoms with van der Waals surface area (Å²) in [6.45, 7) is 1.71. The number of aryl methyl sites for hydroxylation is 1. The Bertz CT molecular complexity index is 1140. The Labute approximate surface area is 185 Å². The van der Waals surface area contributed by atoms with E-state index in [-0.39, 0.29) is 22.7 Å². The van der Waals surface area contributed by atoms with Crippen molar-refractivity contribution in [2.75, 3.05) is 7.11 Å². The predicted octanol–water partition coefficient (Wildman–Crippen LogP) is 4.69. The molecule has 30 heavy (non-hydrogen) atoms. The van der Waals surface area contributed by atoms with Gasteiger partial charge in [-0.2, -0.15) is 9.78 Å². The molecular formula is C18H15Cl2N5O4S. The number of benzene rings is 2. The third-order valence-corrected chi connectivity index (χ3v) is 5.53. The summed E-state index contributed by atoms with van der Waals surface area (Å²) in [6.07, 6.45) is 1.28. The van der Waals surface area contributed by atoms with Crippen molar-refractivity contribution in [3.63, 3.8) is 0 Å². The molecule has 2 aromatic carbocycles. The van der Waals surface area contributed by atoms with Crippen molar-refractivity contribution in [3.05, 3.63) is 67.4 Å². The van der Waals surface area contributed by atoms with Gasteiger partial charge in [-0.1, -0.05) is 41.0 Å². The first-order valence-corrected chi connectivity index (χ1v) is 10.1. The molecule has 1 aromatic heterocycles. The van der Waals surface area contributed by atoms with Crippen molar-refractivity contribution in [3.8, 4) is 11.5 Å². The number of nitro benzene ring substituents is 1. The first kappa shape index (κ1) is 21.9. The second-order valence-corrected chi connectivity index (χ2v) is 7.74. The van der Waals surface area contributed by atoms with Crippen molar-refractivity contribution in [1.82, 2.24) is 14.9 Å². The standard InChI is InChI=1S/C18H15Cl2N5O4S/c1-10-22-23-18(30-9-11-3-4-13(19)6-15(11)20)24(10)21-8-12-5-14(25(27)28)7-16(29-2)17(12)26/h3-8,26H,9H2,1-2H3/b21-8+. The maximum Gasteiger partial charge on any atom is 0.274 e. The number of thioether (sulfide) groups is 1. The molecule has 3 aromatic rings. The Kier molecular flexibility index (Phi) is 6.80. The van der Waals surface area contributed by atoms with E-state index in [4.69, 9.17) is 27.9 Å². The maximum atomic E-state index is 11.1. The van der Waals surface area contributed by atoms with Crippen LogP contribution in [0, 0.1) is 17.0 Å². The Balaban J connectivity index is 1.87. The second-order valence-electron chi connectivity index (χ2n) is 5.95. The lowest BCUT2D eigenvalue weighted by Crippen LogP contribution is -1.98. The zero-order chi connectivity index (χ0) is 21.8. The maximum absolute atomic E-state index is 11.1. The van der Waals surface area contributed by atoms with Crippen LogP contribution in [0.5, 0.6) is 11.5 Å². The summed E-state index contributed by atoms with van der Waals surface area (Å²) in [6, 6.07) is 7.55. The molecule has 0 aliphatic rings. The van der Waals surface area contributed by atoms with Crippen LogP contribution in [0.15, 0.2) is 40.6 Å². The summed E-state index contributed by atoms with van der Waals surface area (Å²) in [5.41, 5.74) is 0.743. The van der Waals surface area contributed by atoms with Crippen LogP contribution in [-0.2, 0) is 5.75 Å². The third kappa shape index (κ3) is 4.84. The number of nitro groups is 1. The van der Waals surface area contributed by atoms with E-state index >= 15 is 0 Å². The van der Waals surface area contributed by atoms with Crippen molar-refractivity contribution < 1.29 is 14.8 Å². The summed E-state index contributed by atoms with van der Waals surface area (Å²) in [5.74, 6) is 0.699. The van der Waals surface area contributed by atoms with Gasteiger partial charge in [-0.25, -0.2) is 0 Å². The fourth-order valence-corrected chi connectivity index (χ4v) is 3.93. The summed E-state index contributed by atoms with van der Waals surface area (Å²) in [4.78, 5) is 10.5. The fraction of sp³-hybridized carbons (Fsp3) is 0.167. The smallest absolute Gasteiger partial charge is 0.274 e. The molecule has 9 nitrogen and oxygen atoms in total. The number of ether oxygens (including phenoxy) is 1. The van der Waals surface area contributed by atoms with Gasteiger partial charge in [0.05, 0.1) is 24.3 Å². The van der Waals surface area contributed by atoms with E-state index in [1.54, 1.807) is 19.1 Å². The number of nitrogens with zero attached hydrogens (tertiary/aromatic N) is 5. The highest BCUT2D eigenvalue weighted by Gasteiger charge is 2.16. The number of hydrogen-bond donors (Lipinski definition) is 1. The minimum Gasteiger partial charge on any atom is -0.504 e. The normalized spacial score (nSPS) is 11.2. The first-order chi connectivity index (χ1) is 14.3. The van der Waals surface area contributed by atoms with Crippen LogP contribution >= 0.6 is 35.0 Å². The largest absolute Gasteiger partial charge is 0.504 e. The van der Waals surface area contributed by atoms with E-state index in [1.807, 2.05) is 6.07 Å². The molecule has 3 rings (SSSR count). The van der Waals surface area contributed by atoms with Gasteiger partial charge in [-0.3, -0.25) is 10.1 Å². The molecule has 0 aliphatic heterocycles. The van der Waals surface area contributed by atoms with Gasteiger partial charge in [0.1, 0.15) is 0 Å². The van der Waals surface area contributed by atoms with E-state index in [9.17, 15) is 15.2 Å². The van der Waals surface area contributed by atoms with Crippen molar-refractivity contribution >= 4 is 46.9 Å². The van der Waals surface area contributed by atoms with Crippen LogP contribution in [0.25, 0.3) is 0 Å². The van der Waals surface area contributed by atoms with Crippen LogP contribution in [-0.4, -0.2) is 38.2 Å². The number of rotatable bonds is 7. The molecule has 0 spiro atoms. The summed E-state index contributed by atoms with van der Waals surface area (Å²) < 4.78 is 6.45. The summed E-state index contributed by atoms with van der Waals surface area (Å²) in [5, 5.41) is 35.3. The van der Waals surface area contributed by atoms with E-state index in [0.29, 0.717) is 26.8 Å². The highest BCUT2D eigenvalue weighted by Crippen LogP contribution is 2.34. The monoisotopic (exact) mass is 467 g/mol. The van der Waals surface area contributed by atoms with Gasteiger partial charge in [0.25, 0.3) is 5.69 Å². The lowest BCUT2D eigenvalue weighted by atomic mass is 10.2. The molecule has 0 atom stereocenters. The highest BCUT2D eigenvalue weighted by atomic mass is 35.5. The predicted molar refractivity (Wildman–Crippen MR) is 115 cm³/mol. The number of phenols is 1. The van der Waals surface area contributed by atoms with Crippen molar-refractivity contribution in [2.24, 2.45) is 5.10 Å². The molecule has 0 saturated carbocycles. The average Bonchev–Trinajstić information content (AvgIpc) is 3.06. The van der Waals surface area contributed by atoms with E-state index in [2.05, 4.69) is 15.3 Å². The molecule has 156 valence electrons. The molecule has 12 heteroatoms. The molecule has 0 saturated heterocycles. The van der Waals surface area contributed by atoms with Crippen LogP contribution in [0.4, 0.5) is 5.69 Å². The quantitative estimate of drug-likeness (QED) is 0.231. The number of aromatic nitrogens is 3. The van der Waals surface area contributed by atoms with Gasteiger partial charge in [-0.15, -0.1) is 10.2 Å². The summed E-state index contributed by atoms with van der Waals surface area (Å²) >= 11 is 13.5. The van der Waals surface area contributed by atoms with Crippen molar-refractivity contribution in [2.45, 2.75) is 17.8 Å². The van der Waals surface area contributed by atoms with Gasteiger partial charge in [0.2, 0.25) is 5.16 Å². The number of aromatic hydroxyl groups is 1. The molecular weight excluding hydrogens is 453 g/mol. The van der Waals surface area contributed by atoms with Crippen LogP contribution in [0.2, 0.25) is 10.0 Å². The topological polar surface area (TPSA) is 116 Å². The molecule has 0 fully saturated rings. The van der Waals surface area contributed by atoms with E-state index in [0.717, 1.165) is 11.6 Å². The summed E-state index contributed by atoms with van der Waals surface area (Å²) in [7, 11) is 1.31. The highest BCUT2D eigenvalue weighted by molar-refractivity contribution is 7.98. The number of halogens is 2. The zero-order valence-corrected chi connectivity index (χ0v) is 18.1. The minimum absolute atomic E-state index is 0.0295. The van der Waals surface area contributed by atoms with Crippen LogP contribution in [0.1, 0.15) is 17.0 Å². The Morgan fingerprint density at radius 2 is 2.10 bits per heavy atom. The van der Waals surface area contributed by atoms with Crippen LogP contribution in [0.3, 0.4) is 0 Å². The van der Waals surface area contributed by atoms with Gasteiger partial charge < -0.3 is 9.84 Å². The third-order valence-electron chi connectivity index (χ3n) is 3.97. The molecule has 0 aliphatic carbocycles. The van der Waals surface area contributed by atoms with Gasteiger partial charge in [-0.05, 0) is 24.6 Å². The lowest BCUT2D eigenvalue weighted by molar-refractivity contribution is -0.385. The minimum atomic E-state index is -0.583. The molecule has 0 amide bonds. The molecule has 0 bridgehead atoms. The number of methoxy groups -OCH3 is 1. The van der Waals surface area contributed by atoms with Gasteiger partial charge >= 0.3 is 0 Å². The van der Waals surface area contributed by atoms with E-state index < -0.39 is 4.92 Å². The lowest BCUT2D eigenvalue weighted by Gasteiger charge is -2.07. The number of phenolic OH excluding ortho intramolecular Hbond substituents is 1. The molecule has 1 heterocycles. The Morgan fingerprint density at radius 1 is 1.33 bits per heavy atom. The zero-order valence-electron chi connectivity index (χ0n) is 15.7. The average molecular weight is 468 g/mol. The number of non-ortho nitro benzene ring substituents is 1. The number of hydrogen-bond acceptors (Lipinski definition) is 8. The van der Waals surface area contributed by atoms with Gasteiger partial charge in [0.15, 0.2) is 17.3 Å². The Morgan fingerprint density at radius 3 is 2.77 bits per heavy atom. The first-order valence-electron chi connectivity index (χ1n) is 8.38. The van der Waals surface area contributed by atoms with E-state index in [1.165, 1.54) is 35.8 Å². The van der Waals surface area contributed by atoms with Gasteiger partial charge in [0, 0.05) is 27.4 Å². The SMILES string of the molecule is COc1cc([N+](=O)[O-])cc(/C=N/n2c(C)nnc2SCc2ccc(Cl)cc2Cl)c1O. The van der Waals surface area contributed by atoms with Crippen LogP contribution < -0.4 is 4.74 Å². The fourth-order valence-electron chi connectivity index (χ4n) is 2.44. The molecule has 0 radical (unpaired) electrons. The second kappa shape index (κ2) is 9.33.